The number of hydrogen-bond acceptors (Lipinski definition) is 2. The topological polar surface area (TPSA) is 35.2 Å². The minimum atomic E-state index is -0.411. The van der Waals surface area contributed by atoms with Gasteiger partial charge in [0.15, 0.2) is 0 Å². The average Bonchev–Trinajstić information content (AvgIpc) is 2.42. The Balaban J connectivity index is 2.05. The Bertz CT molecular complexity index is 631. The third-order valence-electron chi connectivity index (χ3n) is 2.81. The largest absolute Gasteiger partial charge is 0.389 e. The van der Waals surface area contributed by atoms with Crippen molar-refractivity contribution in [3.8, 4) is 0 Å². The zero-order valence-corrected chi connectivity index (χ0v) is 11.4. The van der Waals surface area contributed by atoms with Crippen molar-refractivity contribution in [3.05, 3.63) is 70.8 Å². The van der Waals surface area contributed by atoms with Crippen LogP contribution in [0.4, 0.5) is 8.78 Å². The van der Waals surface area contributed by atoms with E-state index < -0.39 is 5.82 Å². The molecule has 0 saturated carbocycles. The van der Waals surface area contributed by atoms with Crippen molar-refractivity contribution in [2.24, 2.45) is 5.73 Å². The van der Waals surface area contributed by atoms with E-state index in [4.69, 9.17) is 22.7 Å². The van der Waals surface area contributed by atoms with E-state index in [2.05, 4.69) is 0 Å². The zero-order valence-electron chi connectivity index (χ0n) is 10.6. The lowest BCUT2D eigenvalue weighted by molar-refractivity contribution is 0.105. The lowest BCUT2D eigenvalue weighted by Gasteiger charge is -2.10. The van der Waals surface area contributed by atoms with Crippen LogP contribution in [-0.4, -0.2) is 4.99 Å². The number of benzene rings is 2. The number of thiocarbonyl (C=S) groups is 1. The van der Waals surface area contributed by atoms with Crippen LogP contribution in [0.1, 0.15) is 16.7 Å². The van der Waals surface area contributed by atoms with Crippen molar-refractivity contribution >= 4 is 17.2 Å². The molecule has 0 amide bonds. The Morgan fingerprint density at radius 2 is 1.75 bits per heavy atom. The van der Waals surface area contributed by atoms with Gasteiger partial charge >= 0.3 is 0 Å². The van der Waals surface area contributed by atoms with Crippen molar-refractivity contribution in [2.45, 2.75) is 13.2 Å². The van der Waals surface area contributed by atoms with Gasteiger partial charge in [-0.15, -0.1) is 0 Å². The van der Waals surface area contributed by atoms with E-state index in [-0.39, 0.29) is 24.0 Å². The highest BCUT2D eigenvalue weighted by atomic mass is 32.1. The van der Waals surface area contributed by atoms with Crippen LogP contribution in [0.3, 0.4) is 0 Å². The van der Waals surface area contributed by atoms with E-state index in [1.54, 1.807) is 24.3 Å². The number of rotatable bonds is 5. The normalized spacial score (nSPS) is 10.5. The number of nitrogens with two attached hydrogens (primary N) is 1. The van der Waals surface area contributed by atoms with Crippen molar-refractivity contribution in [3.63, 3.8) is 0 Å². The lowest BCUT2D eigenvalue weighted by atomic mass is 10.1. The van der Waals surface area contributed by atoms with Crippen LogP contribution in [0.15, 0.2) is 42.5 Å². The Kier molecular flexibility index (Phi) is 4.76. The summed E-state index contributed by atoms with van der Waals surface area (Å²) in [5.74, 6) is -0.730. The second-order valence-corrected chi connectivity index (χ2v) is 4.69. The molecule has 5 heteroatoms. The molecule has 0 saturated heterocycles. The molecule has 0 aliphatic carbocycles. The molecule has 2 rings (SSSR count). The van der Waals surface area contributed by atoms with Gasteiger partial charge in [0.25, 0.3) is 0 Å². The highest BCUT2D eigenvalue weighted by Gasteiger charge is 2.08. The van der Waals surface area contributed by atoms with Gasteiger partial charge in [-0.25, -0.2) is 8.78 Å². The molecule has 20 heavy (non-hydrogen) atoms. The third-order valence-corrected chi connectivity index (χ3v) is 3.03. The Morgan fingerprint density at radius 3 is 2.45 bits per heavy atom. The predicted molar refractivity (Wildman–Crippen MR) is 77.2 cm³/mol. The van der Waals surface area contributed by atoms with Gasteiger partial charge in [-0.1, -0.05) is 36.5 Å². The fourth-order valence-electron chi connectivity index (χ4n) is 1.79. The van der Waals surface area contributed by atoms with Gasteiger partial charge in [0.1, 0.15) is 16.6 Å². The molecule has 2 nitrogen and oxygen atoms in total. The maximum Gasteiger partial charge on any atom is 0.128 e. The molecule has 0 aliphatic heterocycles. The lowest BCUT2D eigenvalue weighted by Crippen LogP contribution is -2.13. The molecule has 0 bridgehead atoms. The van der Waals surface area contributed by atoms with Crippen LogP contribution in [-0.2, 0) is 18.0 Å². The Labute approximate surface area is 121 Å². The fraction of sp³-hybridized carbons (Fsp3) is 0.133. The molecule has 0 radical (unpaired) electrons. The molecule has 0 aliphatic rings. The van der Waals surface area contributed by atoms with Gasteiger partial charge in [-0.05, 0) is 23.8 Å². The van der Waals surface area contributed by atoms with E-state index in [0.717, 1.165) is 0 Å². The molecule has 0 atom stereocenters. The van der Waals surface area contributed by atoms with Gasteiger partial charge in [-0.2, -0.15) is 0 Å². The summed E-state index contributed by atoms with van der Waals surface area (Å²) in [5, 5.41) is 0. The van der Waals surface area contributed by atoms with Crippen LogP contribution in [0.25, 0.3) is 0 Å². The van der Waals surface area contributed by atoms with E-state index >= 15 is 0 Å². The second kappa shape index (κ2) is 6.54. The van der Waals surface area contributed by atoms with E-state index in [0.29, 0.717) is 16.7 Å². The second-order valence-electron chi connectivity index (χ2n) is 4.25. The van der Waals surface area contributed by atoms with Gasteiger partial charge in [0.05, 0.1) is 13.2 Å². The van der Waals surface area contributed by atoms with Crippen LogP contribution in [0.5, 0.6) is 0 Å². The highest BCUT2D eigenvalue weighted by Crippen LogP contribution is 2.14. The van der Waals surface area contributed by atoms with Gasteiger partial charge < -0.3 is 10.5 Å². The Hall–Kier alpha value is -1.85. The summed E-state index contributed by atoms with van der Waals surface area (Å²) in [5.41, 5.74) is 7.12. The number of hydrogen-bond donors (Lipinski definition) is 1. The molecule has 0 fully saturated rings. The molecule has 0 spiro atoms. The monoisotopic (exact) mass is 293 g/mol. The maximum absolute atomic E-state index is 13.4. The first kappa shape index (κ1) is 14.6. The standard InChI is InChI=1S/C15H13F2NOS/c16-12-6-5-10(13(7-12)15(18)20)8-19-9-11-3-1-2-4-14(11)17/h1-7H,8-9H2,(H2,18,20). The first-order chi connectivity index (χ1) is 9.58. The molecule has 0 heterocycles. The van der Waals surface area contributed by atoms with Crippen LogP contribution in [0, 0.1) is 11.6 Å². The number of ether oxygens (including phenoxy) is 1. The summed E-state index contributed by atoms with van der Waals surface area (Å²) in [6.45, 7) is 0.308. The van der Waals surface area contributed by atoms with Crippen molar-refractivity contribution < 1.29 is 13.5 Å². The quantitative estimate of drug-likeness (QED) is 0.859. The van der Waals surface area contributed by atoms with Crippen LogP contribution < -0.4 is 5.73 Å². The molecule has 0 aromatic heterocycles. The SMILES string of the molecule is NC(=S)c1cc(F)ccc1COCc1ccccc1F. The first-order valence-corrected chi connectivity index (χ1v) is 6.38. The summed E-state index contributed by atoms with van der Waals surface area (Å²) < 4.78 is 32.0. The minimum Gasteiger partial charge on any atom is -0.389 e. The number of halogens is 2. The highest BCUT2D eigenvalue weighted by molar-refractivity contribution is 7.80. The fourth-order valence-corrected chi connectivity index (χ4v) is 1.98. The molecular weight excluding hydrogens is 280 g/mol. The summed E-state index contributed by atoms with van der Waals surface area (Å²) in [7, 11) is 0. The van der Waals surface area contributed by atoms with Gasteiger partial charge in [0.2, 0.25) is 0 Å². The summed E-state index contributed by atoms with van der Waals surface area (Å²) >= 11 is 4.87. The molecule has 2 aromatic carbocycles. The van der Waals surface area contributed by atoms with E-state index in [1.807, 2.05) is 0 Å². The minimum absolute atomic E-state index is 0.106. The molecule has 104 valence electrons. The summed E-state index contributed by atoms with van der Waals surface area (Å²) in [4.78, 5) is 0.106. The molecule has 2 N–H and O–H groups in total. The van der Waals surface area contributed by atoms with Gasteiger partial charge in [-0.3, -0.25) is 0 Å². The van der Waals surface area contributed by atoms with Crippen LogP contribution >= 0.6 is 12.2 Å². The summed E-state index contributed by atoms with van der Waals surface area (Å²) in [6.07, 6.45) is 0. The summed E-state index contributed by atoms with van der Waals surface area (Å²) in [6, 6.07) is 10.5. The van der Waals surface area contributed by atoms with Crippen molar-refractivity contribution in [1.82, 2.24) is 0 Å². The zero-order chi connectivity index (χ0) is 14.5. The Morgan fingerprint density at radius 1 is 1.05 bits per heavy atom. The predicted octanol–water partition coefficient (Wildman–Crippen LogP) is 3.32. The third kappa shape index (κ3) is 3.59. The molecule has 2 aromatic rings. The van der Waals surface area contributed by atoms with Crippen molar-refractivity contribution in [2.75, 3.05) is 0 Å². The smallest absolute Gasteiger partial charge is 0.128 e. The van der Waals surface area contributed by atoms with E-state index in [9.17, 15) is 8.78 Å². The maximum atomic E-state index is 13.4. The van der Waals surface area contributed by atoms with Gasteiger partial charge in [0, 0.05) is 11.1 Å². The molecule has 0 unspecified atom stereocenters. The van der Waals surface area contributed by atoms with Crippen molar-refractivity contribution in [1.29, 1.82) is 0 Å². The first-order valence-electron chi connectivity index (χ1n) is 5.97. The average molecular weight is 293 g/mol. The van der Waals surface area contributed by atoms with Crippen LogP contribution in [0.2, 0.25) is 0 Å². The molecular formula is C15H13F2NOS. The van der Waals surface area contributed by atoms with E-state index in [1.165, 1.54) is 18.2 Å².